The van der Waals surface area contributed by atoms with Crippen LogP contribution in [-0.4, -0.2) is 4.98 Å². The summed E-state index contributed by atoms with van der Waals surface area (Å²) in [5, 5.41) is 4.50. The summed E-state index contributed by atoms with van der Waals surface area (Å²) in [6.45, 7) is 0. The van der Waals surface area contributed by atoms with Crippen LogP contribution in [-0.2, 0) is 0 Å². The predicted octanol–water partition coefficient (Wildman–Crippen LogP) is 12.2. The summed E-state index contributed by atoms with van der Waals surface area (Å²) in [5.74, 6) is 1.46. The summed E-state index contributed by atoms with van der Waals surface area (Å²) in [6, 6.07) is 55.0. The molecule has 0 bridgehead atoms. The van der Waals surface area contributed by atoms with E-state index in [-0.39, 0.29) is 0 Å². The lowest BCUT2D eigenvalue weighted by molar-refractivity contribution is 0.590. The quantitative estimate of drug-likeness (QED) is 0.197. The molecule has 10 rings (SSSR count). The van der Waals surface area contributed by atoms with Crippen LogP contribution in [0.5, 0.6) is 0 Å². The molecule has 0 aliphatic heterocycles. The van der Waals surface area contributed by atoms with E-state index < -0.39 is 0 Å². The smallest absolute Gasteiger partial charge is 0.227 e. The van der Waals surface area contributed by atoms with E-state index >= 15 is 0 Å². The molecule has 0 unspecified atom stereocenters. The number of para-hydroxylation sites is 1. The second-order valence-corrected chi connectivity index (χ2v) is 12.0. The van der Waals surface area contributed by atoms with Crippen LogP contribution in [0.15, 0.2) is 167 Å². The van der Waals surface area contributed by atoms with Crippen LogP contribution in [0, 0.1) is 0 Å². The van der Waals surface area contributed by atoms with Crippen molar-refractivity contribution in [2.75, 3.05) is 4.90 Å². The fourth-order valence-electron chi connectivity index (χ4n) is 7.10. The molecule has 1 aliphatic rings. The average Bonchev–Trinajstić information content (AvgIpc) is 3.82. The van der Waals surface area contributed by atoms with Gasteiger partial charge in [-0.3, -0.25) is 0 Å². The van der Waals surface area contributed by atoms with Crippen molar-refractivity contribution in [3.05, 3.63) is 158 Å². The van der Waals surface area contributed by atoms with E-state index in [1.807, 2.05) is 42.5 Å². The summed E-state index contributed by atoms with van der Waals surface area (Å²) in [4.78, 5) is 7.34. The van der Waals surface area contributed by atoms with E-state index in [9.17, 15) is 0 Å². The molecule has 0 fully saturated rings. The maximum atomic E-state index is 6.46. The van der Waals surface area contributed by atoms with Crippen LogP contribution in [0.2, 0.25) is 0 Å². The van der Waals surface area contributed by atoms with Crippen LogP contribution in [0.1, 0.15) is 0 Å². The molecule has 7 aromatic carbocycles. The van der Waals surface area contributed by atoms with Crippen molar-refractivity contribution in [3.63, 3.8) is 0 Å². The standard InChI is InChI=1S/C43H26N2O2/c1-3-11-27(12-4-1)29-15-9-16-30(25-29)45(31-21-22-33-32-17-7-8-20-38(32)46-39(33)26-31)37-24-23-35-40-34(37)18-10-19-36(40)42-41(35)44-43(47-42)28-13-5-2-6-14-28/h1-26H. The first-order valence-electron chi connectivity index (χ1n) is 15.8. The van der Waals surface area contributed by atoms with Gasteiger partial charge in [-0.1, -0.05) is 97.1 Å². The fraction of sp³-hybridized carbons (Fsp3) is 0. The molecule has 0 N–H and O–H groups in total. The lowest BCUT2D eigenvalue weighted by atomic mass is 10.00. The summed E-state index contributed by atoms with van der Waals surface area (Å²) in [7, 11) is 0. The monoisotopic (exact) mass is 602 g/mol. The van der Waals surface area contributed by atoms with Crippen LogP contribution in [0.4, 0.5) is 17.1 Å². The van der Waals surface area contributed by atoms with Crippen molar-refractivity contribution in [2.45, 2.75) is 0 Å². The lowest BCUT2D eigenvalue weighted by Crippen LogP contribution is -2.10. The van der Waals surface area contributed by atoms with Crippen LogP contribution in [0.25, 0.3) is 77.9 Å². The van der Waals surface area contributed by atoms with E-state index in [2.05, 4.69) is 120 Å². The normalized spacial score (nSPS) is 11.8. The summed E-state index contributed by atoms with van der Waals surface area (Å²) >= 11 is 0. The van der Waals surface area contributed by atoms with E-state index in [1.54, 1.807) is 0 Å². The van der Waals surface area contributed by atoms with Crippen molar-refractivity contribution in [3.8, 4) is 45.2 Å². The first kappa shape index (κ1) is 25.9. The molecule has 47 heavy (non-hydrogen) atoms. The van der Waals surface area contributed by atoms with Crippen molar-refractivity contribution >= 4 is 49.8 Å². The van der Waals surface area contributed by atoms with E-state index in [0.29, 0.717) is 5.89 Å². The molecular weight excluding hydrogens is 576 g/mol. The number of hydrogen-bond acceptors (Lipinski definition) is 4. The van der Waals surface area contributed by atoms with Gasteiger partial charge in [0, 0.05) is 55.7 Å². The van der Waals surface area contributed by atoms with Crippen molar-refractivity contribution < 1.29 is 8.83 Å². The topological polar surface area (TPSA) is 42.4 Å². The Morgan fingerprint density at radius 1 is 0.447 bits per heavy atom. The number of nitrogens with zero attached hydrogens (tertiary/aromatic N) is 2. The first-order chi connectivity index (χ1) is 23.3. The Hall–Kier alpha value is -6.39. The molecule has 1 aliphatic carbocycles. The minimum absolute atomic E-state index is 0.640. The summed E-state index contributed by atoms with van der Waals surface area (Å²) in [6.07, 6.45) is 0. The third-order valence-electron chi connectivity index (χ3n) is 9.24. The molecule has 0 amide bonds. The number of fused-ring (bicyclic) bond motifs is 6. The van der Waals surface area contributed by atoms with Gasteiger partial charge in [0.25, 0.3) is 0 Å². The Morgan fingerprint density at radius 3 is 2.02 bits per heavy atom. The van der Waals surface area contributed by atoms with Gasteiger partial charge >= 0.3 is 0 Å². The van der Waals surface area contributed by atoms with Gasteiger partial charge < -0.3 is 13.7 Å². The summed E-state index contributed by atoms with van der Waals surface area (Å²) in [5.41, 5.74) is 11.2. The van der Waals surface area contributed by atoms with Gasteiger partial charge in [0.2, 0.25) is 5.89 Å². The van der Waals surface area contributed by atoms with Crippen LogP contribution < -0.4 is 4.90 Å². The molecule has 0 saturated heterocycles. The Bertz CT molecular complexity index is 2610. The number of benzene rings is 7. The first-order valence-corrected chi connectivity index (χ1v) is 15.8. The Labute approximate surface area is 270 Å². The van der Waals surface area contributed by atoms with Gasteiger partial charge in [-0.05, 0) is 65.7 Å². The number of aromatic nitrogens is 1. The highest BCUT2D eigenvalue weighted by molar-refractivity contribution is 6.18. The zero-order valence-corrected chi connectivity index (χ0v) is 25.2. The molecule has 0 radical (unpaired) electrons. The predicted molar refractivity (Wildman–Crippen MR) is 191 cm³/mol. The van der Waals surface area contributed by atoms with Crippen LogP contribution in [0.3, 0.4) is 0 Å². The SMILES string of the molecule is c1ccc(-c2cccc(N(c3ccc4c(c3)oc3ccccc34)c3ccc4c5c(cccc35)-c3oc(-c5ccccc5)nc3-4)c2)cc1. The van der Waals surface area contributed by atoms with E-state index in [1.165, 1.54) is 5.56 Å². The molecular formula is C43H26N2O2. The van der Waals surface area contributed by atoms with Crippen molar-refractivity contribution in [1.82, 2.24) is 4.98 Å². The second-order valence-electron chi connectivity index (χ2n) is 12.0. The number of furan rings is 1. The highest BCUT2D eigenvalue weighted by atomic mass is 16.4. The van der Waals surface area contributed by atoms with E-state index in [4.69, 9.17) is 13.8 Å². The van der Waals surface area contributed by atoms with E-state index in [0.717, 1.165) is 83.5 Å². The largest absolute Gasteiger partial charge is 0.456 e. The molecule has 0 spiro atoms. The minimum Gasteiger partial charge on any atom is -0.456 e. The molecule has 2 heterocycles. The van der Waals surface area contributed by atoms with Gasteiger partial charge in [-0.25, -0.2) is 4.98 Å². The number of anilines is 3. The number of hydrogen-bond donors (Lipinski definition) is 0. The molecule has 9 aromatic rings. The highest BCUT2D eigenvalue weighted by Crippen LogP contribution is 2.52. The molecule has 0 atom stereocenters. The van der Waals surface area contributed by atoms with Crippen molar-refractivity contribution in [1.29, 1.82) is 0 Å². The molecule has 220 valence electrons. The molecule has 4 heteroatoms. The van der Waals surface area contributed by atoms with Gasteiger partial charge in [-0.15, -0.1) is 0 Å². The maximum absolute atomic E-state index is 6.46. The van der Waals surface area contributed by atoms with Gasteiger partial charge in [0.05, 0.1) is 5.69 Å². The van der Waals surface area contributed by atoms with Gasteiger partial charge in [-0.2, -0.15) is 0 Å². The Morgan fingerprint density at radius 2 is 1.15 bits per heavy atom. The van der Waals surface area contributed by atoms with Gasteiger partial charge in [0.1, 0.15) is 16.9 Å². The average molecular weight is 603 g/mol. The lowest BCUT2D eigenvalue weighted by Gasteiger charge is -2.27. The van der Waals surface area contributed by atoms with Gasteiger partial charge in [0.15, 0.2) is 5.76 Å². The third-order valence-corrected chi connectivity index (χ3v) is 9.24. The zero-order chi connectivity index (χ0) is 30.9. The minimum atomic E-state index is 0.640. The third kappa shape index (κ3) is 3.98. The second kappa shape index (κ2) is 10.1. The Balaban J connectivity index is 1.19. The van der Waals surface area contributed by atoms with Crippen molar-refractivity contribution in [2.24, 2.45) is 0 Å². The molecule has 4 nitrogen and oxygen atoms in total. The summed E-state index contributed by atoms with van der Waals surface area (Å²) < 4.78 is 12.8. The Kier molecular flexibility index (Phi) is 5.54. The highest BCUT2D eigenvalue weighted by Gasteiger charge is 2.30. The fourth-order valence-corrected chi connectivity index (χ4v) is 7.10. The zero-order valence-electron chi connectivity index (χ0n) is 25.2. The molecule has 2 aromatic heterocycles. The number of oxazole rings is 1. The van der Waals surface area contributed by atoms with Crippen LogP contribution >= 0.6 is 0 Å². The number of rotatable bonds is 5. The maximum Gasteiger partial charge on any atom is 0.227 e. The molecule has 0 saturated carbocycles.